The quantitative estimate of drug-likeness (QED) is 0.441. The normalized spacial score (nSPS) is 10.5. The van der Waals surface area contributed by atoms with Gasteiger partial charge in [0.2, 0.25) is 0 Å². The number of rotatable bonds is 7. The Hall–Kier alpha value is -4.66. The van der Waals surface area contributed by atoms with Crippen LogP contribution in [0.2, 0.25) is 0 Å². The second kappa shape index (κ2) is 9.86. The number of benzene rings is 2. The zero-order valence-corrected chi connectivity index (χ0v) is 18.6. The van der Waals surface area contributed by atoms with Crippen LogP contribution in [0, 0.1) is 0 Å². The van der Waals surface area contributed by atoms with Crippen LogP contribution in [-0.4, -0.2) is 35.7 Å². The van der Waals surface area contributed by atoms with Crippen LogP contribution in [0.1, 0.15) is 26.4 Å². The highest BCUT2D eigenvalue weighted by Crippen LogP contribution is 2.22. The van der Waals surface area contributed by atoms with Gasteiger partial charge in [-0.05, 0) is 30.3 Å². The fraction of sp³-hybridized carbons (Fsp3) is 0.120. The number of amides is 2. The Morgan fingerprint density at radius 2 is 1.59 bits per heavy atom. The topological polar surface area (TPSA) is 112 Å². The lowest BCUT2D eigenvalue weighted by Crippen LogP contribution is -2.35. The summed E-state index contributed by atoms with van der Waals surface area (Å²) in [4.78, 5) is 43.2. The minimum atomic E-state index is -0.575. The molecule has 9 heteroatoms. The maximum absolute atomic E-state index is 13.1. The van der Waals surface area contributed by atoms with Crippen molar-refractivity contribution in [1.29, 1.82) is 0 Å². The molecule has 4 rings (SSSR count). The third kappa shape index (κ3) is 4.73. The van der Waals surface area contributed by atoms with E-state index < -0.39 is 17.4 Å². The first-order chi connectivity index (χ1) is 16.5. The van der Waals surface area contributed by atoms with Crippen LogP contribution in [0.5, 0.6) is 11.5 Å². The number of hydrogen-bond acceptors (Lipinski definition) is 6. The van der Waals surface area contributed by atoms with Crippen molar-refractivity contribution in [2.24, 2.45) is 0 Å². The summed E-state index contributed by atoms with van der Waals surface area (Å²) >= 11 is 0. The van der Waals surface area contributed by atoms with Gasteiger partial charge in [0.1, 0.15) is 11.5 Å². The molecule has 172 valence electrons. The molecule has 2 aromatic heterocycles. The summed E-state index contributed by atoms with van der Waals surface area (Å²) in [5, 5.41) is 3.57. The van der Waals surface area contributed by atoms with Gasteiger partial charge in [-0.15, -0.1) is 0 Å². The van der Waals surface area contributed by atoms with E-state index in [2.05, 4.69) is 15.7 Å². The molecule has 0 atom stereocenters. The summed E-state index contributed by atoms with van der Waals surface area (Å²) < 4.78 is 11.4. The van der Waals surface area contributed by atoms with Gasteiger partial charge < -0.3 is 14.8 Å². The Morgan fingerprint density at radius 3 is 2.24 bits per heavy atom. The van der Waals surface area contributed by atoms with Gasteiger partial charge in [0.15, 0.2) is 0 Å². The monoisotopic (exact) mass is 458 g/mol. The van der Waals surface area contributed by atoms with Crippen LogP contribution < -0.4 is 25.8 Å². The molecular formula is C25H22N4O5. The molecule has 0 aliphatic carbocycles. The minimum Gasteiger partial charge on any atom is -0.497 e. The number of pyridine rings is 2. The largest absolute Gasteiger partial charge is 0.497 e. The molecule has 0 fully saturated rings. The molecule has 0 aliphatic heterocycles. The van der Waals surface area contributed by atoms with Crippen LogP contribution in [-0.2, 0) is 6.54 Å². The van der Waals surface area contributed by atoms with Crippen LogP contribution >= 0.6 is 0 Å². The Morgan fingerprint density at radius 1 is 0.912 bits per heavy atom. The molecule has 2 aromatic carbocycles. The predicted molar refractivity (Wildman–Crippen MR) is 127 cm³/mol. The summed E-state index contributed by atoms with van der Waals surface area (Å²) in [6.45, 7) is 0.211. The first-order valence-electron chi connectivity index (χ1n) is 10.4. The van der Waals surface area contributed by atoms with Gasteiger partial charge in [0, 0.05) is 34.8 Å². The van der Waals surface area contributed by atoms with Crippen LogP contribution in [0.15, 0.2) is 77.9 Å². The van der Waals surface area contributed by atoms with E-state index >= 15 is 0 Å². The van der Waals surface area contributed by atoms with Crippen LogP contribution in [0.3, 0.4) is 0 Å². The summed E-state index contributed by atoms with van der Waals surface area (Å²) in [6, 6.07) is 16.8. The summed E-state index contributed by atoms with van der Waals surface area (Å²) in [7, 11) is 2.94. The molecule has 0 saturated carbocycles. The fourth-order valence-electron chi connectivity index (χ4n) is 3.44. The Kier molecular flexibility index (Phi) is 6.54. The van der Waals surface area contributed by atoms with Crippen LogP contribution in [0.25, 0.3) is 10.8 Å². The smallest absolute Gasteiger partial charge is 0.277 e. The molecule has 0 unspecified atom stereocenters. The number of nitrogens with one attached hydrogen (secondary N) is 2. The van der Waals surface area contributed by atoms with Gasteiger partial charge in [0.05, 0.1) is 32.0 Å². The molecule has 0 aliphatic rings. The lowest BCUT2D eigenvalue weighted by molar-refractivity contribution is 0.0948. The highest BCUT2D eigenvalue weighted by molar-refractivity contribution is 6.07. The van der Waals surface area contributed by atoms with Gasteiger partial charge >= 0.3 is 0 Å². The summed E-state index contributed by atoms with van der Waals surface area (Å²) in [5.74, 6) is -0.141. The third-order valence-electron chi connectivity index (χ3n) is 5.16. The van der Waals surface area contributed by atoms with E-state index in [4.69, 9.17) is 9.47 Å². The van der Waals surface area contributed by atoms with E-state index in [1.54, 1.807) is 48.7 Å². The third-order valence-corrected chi connectivity index (χ3v) is 5.16. The molecule has 0 bridgehead atoms. The summed E-state index contributed by atoms with van der Waals surface area (Å²) in [6.07, 6.45) is 2.95. The van der Waals surface area contributed by atoms with Crippen molar-refractivity contribution in [3.8, 4) is 11.5 Å². The highest BCUT2D eigenvalue weighted by atomic mass is 16.5. The molecular weight excluding hydrogens is 436 g/mol. The Balaban J connectivity index is 1.68. The van der Waals surface area contributed by atoms with Gasteiger partial charge in [-0.3, -0.25) is 24.8 Å². The molecule has 4 aromatic rings. The average molecular weight is 458 g/mol. The van der Waals surface area contributed by atoms with E-state index in [1.807, 2.05) is 6.07 Å². The molecule has 0 saturated heterocycles. The van der Waals surface area contributed by atoms with Crippen molar-refractivity contribution in [2.75, 3.05) is 19.6 Å². The number of hydrogen-bond donors (Lipinski definition) is 2. The lowest BCUT2D eigenvalue weighted by Gasteiger charge is -2.14. The minimum absolute atomic E-state index is 0.211. The average Bonchev–Trinajstić information content (AvgIpc) is 2.89. The number of nitrogens with zero attached hydrogens (tertiary/aromatic N) is 2. The van der Waals surface area contributed by atoms with E-state index in [9.17, 15) is 14.4 Å². The standard InChI is InChI=1S/C25H22N4O5/c1-33-18-11-16(12-19(13-18)34-2)23(30)28-29-15-22(20-8-3-4-9-21(20)25(29)32)24(31)27-14-17-7-5-6-10-26-17/h3-13,15H,14H2,1-2H3,(H,27,31)(H,28,30). The van der Waals surface area contributed by atoms with Crippen molar-refractivity contribution >= 4 is 22.6 Å². The maximum atomic E-state index is 13.1. The maximum Gasteiger partial charge on any atom is 0.277 e. The van der Waals surface area contributed by atoms with E-state index in [0.717, 1.165) is 4.68 Å². The van der Waals surface area contributed by atoms with Crippen molar-refractivity contribution in [3.63, 3.8) is 0 Å². The van der Waals surface area contributed by atoms with Crippen LogP contribution in [0.4, 0.5) is 0 Å². The zero-order valence-electron chi connectivity index (χ0n) is 18.6. The van der Waals surface area contributed by atoms with E-state index in [-0.39, 0.29) is 23.1 Å². The first kappa shape index (κ1) is 22.5. The molecule has 2 N–H and O–H groups in total. The second-order valence-corrected chi connectivity index (χ2v) is 7.31. The molecule has 2 heterocycles. The second-order valence-electron chi connectivity index (χ2n) is 7.31. The molecule has 0 spiro atoms. The number of fused-ring (bicyclic) bond motifs is 1. The molecule has 0 radical (unpaired) electrons. The molecule has 2 amide bonds. The van der Waals surface area contributed by atoms with Gasteiger partial charge in [-0.1, -0.05) is 24.3 Å². The van der Waals surface area contributed by atoms with Crippen molar-refractivity contribution in [1.82, 2.24) is 15.0 Å². The lowest BCUT2D eigenvalue weighted by atomic mass is 10.1. The first-order valence-corrected chi connectivity index (χ1v) is 10.4. The molecule has 34 heavy (non-hydrogen) atoms. The van der Waals surface area contributed by atoms with E-state index in [0.29, 0.717) is 22.6 Å². The molecule has 9 nitrogen and oxygen atoms in total. The number of ether oxygens (including phenoxy) is 2. The summed E-state index contributed by atoms with van der Waals surface area (Å²) in [5.41, 5.74) is 3.22. The number of carbonyl (C=O) groups is 2. The number of methoxy groups -OCH3 is 2. The van der Waals surface area contributed by atoms with Gasteiger partial charge in [-0.2, -0.15) is 0 Å². The van der Waals surface area contributed by atoms with Crippen molar-refractivity contribution < 1.29 is 19.1 Å². The van der Waals surface area contributed by atoms with Crippen molar-refractivity contribution in [3.05, 3.63) is 100 Å². The van der Waals surface area contributed by atoms with E-state index in [1.165, 1.54) is 32.5 Å². The van der Waals surface area contributed by atoms with Gasteiger partial charge in [0.25, 0.3) is 17.4 Å². The fourth-order valence-corrected chi connectivity index (χ4v) is 3.44. The predicted octanol–water partition coefficient (Wildman–Crippen LogP) is 2.73. The zero-order chi connectivity index (χ0) is 24.1. The van der Waals surface area contributed by atoms with Crippen molar-refractivity contribution in [2.45, 2.75) is 6.54 Å². The van der Waals surface area contributed by atoms with Gasteiger partial charge in [-0.25, -0.2) is 4.68 Å². The number of aromatic nitrogens is 2. The SMILES string of the molecule is COc1cc(OC)cc(C(=O)Nn2cc(C(=O)NCc3ccccn3)c3ccccc3c2=O)c1. The Bertz CT molecular complexity index is 1390. The Labute approximate surface area is 194 Å². The number of carbonyl (C=O) groups excluding carboxylic acids is 2. The highest BCUT2D eigenvalue weighted by Gasteiger charge is 2.17.